The van der Waals surface area contributed by atoms with E-state index in [1.165, 1.54) is 17.0 Å². The largest absolute Gasteiger partial charge is 0.323 e. The molecule has 5 nitrogen and oxygen atoms in total. The van der Waals surface area contributed by atoms with E-state index in [9.17, 15) is 9.18 Å². The Morgan fingerprint density at radius 3 is 2.85 bits per heavy atom. The first-order valence-electron chi connectivity index (χ1n) is 5.92. The summed E-state index contributed by atoms with van der Waals surface area (Å²) < 4.78 is 15.2. The Labute approximate surface area is 120 Å². The van der Waals surface area contributed by atoms with Crippen LogP contribution in [0.5, 0.6) is 0 Å². The number of urea groups is 1. The second kappa shape index (κ2) is 5.92. The number of benzene rings is 1. The van der Waals surface area contributed by atoms with Crippen LogP contribution in [0.3, 0.4) is 0 Å². The molecule has 0 unspecified atom stereocenters. The summed E-state index contributed by atoms with van der Waals surface area (Å²) in [6, 6.07) is 5.70. The van der Waals surface area contributed by atoms with E-state index in [1.807, 2.05) is 0 Å². The second-order valence-corrected chi connectivity index (χ2v) is 4.77. The highest BCUT2D eigenvalue weighted by Crippen LogP contribution is 2.20. The molecule has 0 bridgehead atoms. The Hall–Kier alpha value is -2.08. The lowest BCUT2D eigenvalue weighted by atomic mass is 10.2. The molecule has 0 fully saturated rings. The maximum Gasteiger partial charge on any atom is 0.323 e. The lowest BCUT2D eigenvalue weighted by Crippen LogP contribution is -2.31. The van der Waals surface area contributed by atoms with E-state index in [0.29, 0.717) is 10.8 Å². The normalized spacial score (nSPS) is 10.4. The smallest absolute Gasteiger partial charge is 0.323 e. The average Bonchev–Trinajstić information content (AvgIpc) is 2.79. The number of rotatable bonds is 3. The molecule has 0 spiro atoms. The van der Waals surface area contributed by atoms with Gasteiger partial charge in [-0.15, -0.1) is 0 Å². The zero-order chi connectivity index (χ0) is 14.7. The molecule has 20 heavy (non-hydrogen) atoms. The van der Waals surface area contributed by atoms with Crippen LogP contribution in [0.25, 0.3) is 0 Å². The highest BCUT2D eigenvalue weighted by Gasteiger charge is 2.14. The van der Waals surface area contributed by atoms with Gasteiger partial charge in [-0.25, -0.2) is 9.18 Å². The van der Waals surface area contributed by atoms with Crippen LogP contribution in [-0.4, -0.2) is 27.8 Å². The quantitative estimate of drug-likeness (QED) is 0.947. The minimum atomic E-state index is -0.435. The lowest BCUT2D eigenvalue weighted by molar-refractivity contribution is 0.220. The summed E-state index contributed by atoms with van der Waals surface area (Å²) in [6.07, 6.45) is 1.71. The van der Waals surface area contributed by atoms with Crippen molar-refractivity contribution in [3.8, 4) is 0 Å². The molecule has 7 heteroatoms. The Kier molecular flexibility index (Phi) is 4.24. The fourth-order valence-electron chi connectivity index (χ4n) is 1.68. The SMILES string of the molecule is CN(Cc1c(F)cccc1Cl)C(=O)Nc1ccn(C)n1. The molecule has 0 atom stereocenters. The fraction of sp³-hybridized carbons (Fsp3) is 0.231. The molecule has 2 amide bonds. The zero-order valence-corrected chi connectivity index (χ0v) is 11.9. The number of aryl methyl sites for hydroxylation is 1. The number of hydrogen-bond acceptors (Lipinski definition) is 2. The Morgan fingerprint density at radius 1 is 1.50 bits per heavy atom. The van der Waals surface area contributed by atoms with Crippen LogP contribution in [-0.2, 0) is 13.6 Å². The summed E-state index contributed by atoms with van der Waals surface area (Å²) in [5, 5.41) is 6.94. The van der Waals surface area contributed by atoms with Crippen molar-refractivity contribution in [1.29, 1.82) is 0 Å². The molecule has 106 valence electrons. The van der Waals surface area contributed by atoms with Crippen molar-refractivity contribution in [2.24, 2.45) is 7.05 Å². The number of anilines is 1. The van der Waals surface area contributed by atoms with E-state index in [-0.39, 0.29) is 18.1 Å². The summed E-state index contributed by atoms with van der Waals surface area (Å²) in [6.45, 7) is 0.0736. The molecule has 2 rings (SSSR count). The minimum absolute atomic E-state index is 0.0736. The Balaban J connectivity index is 2.04. The number of nitrogens with zero attached hydrogens (tertiary/aromatic N) is 3. The van der Waals surface area contributed by atoms with Gasteiger partial charge in [-0.1, -0.05) is 17.7 Å². The summed E-state index contributed by atoms with van der Waals surface area (Å²) in [4.78, 5) is 13.3. The Bertz CT molecular complexity index is 608. The van der Waals surface area contributed by atoms with Crippen molar-refractivity contribution < 1.29 is 9.18 Å². The predicted molar refractivity (Wildman–Crippen MR) is 75.1 cm³/mol. The van der Waals surface area contributed by atoms with E-state index in [1.54, 1.807) is 37.1 Å². The zero-order valence-electron chi connectivity index (χ0n) is 11.1. The summed E-state index contributed by atoms with van der Waals surface area (Å²) in [5.41, 5.74) is 0.285. The number of nitrogens with one attached hydrogen (secondary N) is 1. The van der Waals surface area contributed by atoms with Gasteiger partial charge in [0.05, 0.1) is 6.54 Å². The molecule has 2 aromatic rings. The van der Waals surface area contributed by atoms with Gasteiger partial charge >= 0.3 is 6.03 Å². The molecular formula is C13H14ClFN4O. The molecule has 0 aliphatic heterocycles. The number of hydrogen-bond donors (Lipinski definition) is 1. The third-order valence-corrected chi connectivity index (χ3v) is 3.11. The van der Waals surface area contributed by atoms with Crippen LogP contribution < -0.4 is 5.32 Å². The third-order valence-electron chi connectivity index (χ3n) is 2.75. The highest BCUT2D eigenvalue weighted by atomic mass is 35.5. The number of carbonyl (C=O) groups is 1. The standard InChI is InChI=1S/C13H14ClFN4O/c1-18(8-9-10(14)4-3-5-11(9)15)13(20)16-12-6-7-19(2)17-12/h3-7H,8H2,1-2H3,(H,16,17,20). The number of halogens is 2. The van der Waals surface area contributed by atoms with Crippen molar-refractivity contribution in [1.82, 2.24) is 14.7 Å². The topological polar surface area (TPSA) is 50.2 Å². The van der Waals surface area contributed by atoms with Gasteiger partial charge in [0.1, 0.15) is 5.82 Å². The van der Waals surface area contributed by atoms with Gasteiger partial charge in [0.15, 0.2) is 5.82 Å². The second-order valence-electron chi connectivity index (χ2n) is 4.36. The van der Waals surface area contributed by atoms with Crippen LogP contribution in [0.15, 0.2) is 30.5 Å². The number of carbonyl (C=O) groups excluding carboxylic acids is 1. The maximum atomic E-state index is 13.6. The monoisotopic (exact) mass is 296 g/mol. The maximum absolute atomic E-state index is 13.6. The van der Waals surface area contributed by atoms with E-state index >= 15 is 0 Å². The van der Waals surface area contributed by atoms with Gasteiger partial charge in [-0.3, -0.25) is 10.00 Å². The summed E-state index contributed by atoms with van der Waals surface area (Å²) in [5.74, 6) is -0.000957. The van der Waals surface area contributed by atoms with E-state index < -0.39 is 5.82 Å². The van der Waals surface area contributed by atoms with Crippen LogP contribution in [0, 0.1) is 5.82 Å². The van der Waals surface area contributed by atoms with Crippen molar-refractivity contribution in [2.45, 2.75) is 6.54 Å². The molecule has 0 saturated heterocycles. The van der Waals surface area contributed by atoms with Crippen LogP contribution >= 0.6 is 11.6 Å². The van der Waals surface area contributed by atoms with Gasteiger partial charge in [-0.2, -0.15) is 5.10 Å². The first-order chi connectivity index (χ1) is 9.47. The van der Waals surface area contributed by atoms with Gasteiger partial charge in [-0.05, 0) is 12.1 Å². The van der Waals surface area contributed by atoms with Crippen molar-refractivity contribution >= 4 is 23.4 Å². The minimum Gasteiger partial charge on any atom is -0.323 e. The molecule has 0 radical (unpaired) electrons. The highest BCUT2D eigenvalue weighted by molar-refractivity contribution is 6.31. The van der Waals surface area contributed by atoms with Crippen LogP contribution in [0.2, 0.25) is 5.02 Å². The van der Waals surface area contributed by atoms with Gasteiger partial charge in [0, 0.05) is 36.9 Å². The number of aromatic nitrogens is 2. The molecule has 1 heterocycles. The van der Waals surface area contributed by atoms with Gasteiger partial charge in [0.2, 0.25) is 0 Å². The predicted octanol–water partition coefficient (Wildman–Crippen LogP) is 2.88. The lowest BCUT2D eigenvalue weighted by Gasteiger charge is -2.18. The van der Waals surface area contributed by atoms with Gasteiger partial charge in [0.25, 0.3) is 0 Å². The van der Waals surface area contributed by atoms with Crippen molar-refractivity contribution in [3.63, 3.8) is 0 Å². The molecule has 1 aromatic carbocycles. The van der Waals surface area contributed by atoms with Crippen molar-refractivity contribution in [2.75, 3.05) is 12.4 Å². The molecule has 0 aliphatic carbocycles. The average molecular weight is 297 g/mol. The molecular weight excluding hydrogens is 283 g/mol. The Morgan fingerprint density at radius 2 is 2.25 bits per heavy atom. The van der Waals surface area contributed by atoms with E-state index in [0.717, 1.165) is 0 Å². The number of amides is 2. The first-order valence-corrected chi connectivity index (χ1v) is 6.30. The molecule has 0 saturated carbocycles. The fourth-order valence-corrected chi connectivity index (χ4v) is 1.90. The van der Waals surface area contributed by atoms with Crippen LogP contribution in [0.1, 0.15) is 5.56 Å². The molecule has 1 N–H and O–H groups in total. The third kappa shape index (κ3) is 3.27. The van der Waals surface area contributed by atoms with E-state index in [2.05, 4.69) is 10.4 Å². The summed E-state index contributed by atoms with van der Waals surface area (Å²) >= 11 is 5.93. The first kappa shape index (κ1) is 14.3. The van der Waals surface area contributed by atoms with Crippen molar-refractivity contribution in [3.05, 3.63) is 46.9 Å². The molecule has 0 aliphatic rings. The van der Waals surface area contributed by atoms with E-state index in [4.69, 9.17) is 11.6 Å². The van der Waals surface area contributed by atoms with Crippen LogP contribution in [0.4, 0.5) is 15.0 Å². The molecule has 1 aromatic heterocycles. The summed E-state index contributed by atoms with van der Waals surface area (Å²) in [7, 11) is 3.31. The van der Waals surface area contributed by atoms with Gasteiger partial charge < -0.3 is 4.90 Å².